The third kappa shape index (κ3) is 5.45. The number of sulfonamides is 1. The molecule has 0 aliphatic carbocycles. The van der Waals surface area contributed by atoms with Crippen molar-refractivity contribution in [1.82, 2.24) is 8.87 Å². The largest absolute Gasteiger partial charge is 0.379 e. The van der Waals surface area contributed by atoms with Gasteiger partial charge in [0.05, 0.1) is 35.2 Å². The highest BCUT2D eigenvalue weighted by atomic mass is 35.5. The average molecular weight is 562 g/mol. The van der Waals surface area contributed by atoms with Gasteiger partial charge in [-0.15, -0.1) is 0 Å². The van der Waals surface area contributed by atoms with Gasteiger partial charge in [0.25, 0.3) is 0 Å². The zero-order valence-electron chi connectivity index (χ0n) is 21.0. The van der Waals surface area contributed by atoms with E-state index >= 15 is 0 Å². The molecule has 0 unspecified atom stereocenters. The first-order valence-electron chi connectivity index (χ1n) is 12.4. The van der Waals surface area contributed by atoms with E-state index in [4.69, 9.17) is 27.9 Å². The third-order valence-corrected chi connectivity index (χ3v) is 9.24. The molecule has 3 heterocycles. The lowest BCUT2D eigenvalue weighted by Gasteiger charge is -2.28. The summed E-state index contributed by atoms with van der Waals surface area (Å²) < 4.78 is 36.0. The van der Waals surface area contributed by atoms with Crippen molar-refractivity contribution < 1.29 is 13.2 Å². The molecule has 0 amide bonds. The average Bonchev–Trinajstić information content (AvgIpc) is 3.50. The lowest BCUT2D eigenvalue weighted by atomic mass is 10.2. The molecule has 2 aliphatic heterocycles. The maximum atomic E-state index is 13.5. The molecule has 0 bridgehead atoms. The minimum Gasteiger partial charge on any atom is -0.379 e. The van der Waals surface area contributed by atoms with Crippen LogP contribution in [0.3, 0.4) is 0 Å². The highest BCUT2D eigenvalue weighted by molar-refractivity contribution is 7.89. The number of aromatic nitrogens is 1. The van der Waals surface area contributed by atoms with E-state index in [1.807, 2.05) is 26.0 Å². The molecule has 37 heavy (non-hydrogen) atoms. The number of halogens is 2. The highest BCUT2D eigenvalue weighted by Crippen LogP contribution is 2.34. The molecule has 2 saturated heterocycles. The van der Waals surface area contributed by atoms with Crippen molar-refractivity contribution in [3.63, 3.8) is 0 Å². The number of benzene rings is 2. The minimum absolute atomic E-state index is 0.295. The maximum absolute atomic E-state index is 13.5. The van der Waals surface area contributed by atoms with E-state index in [1.165, 1.54) is 4.31 Å². The molecular formula is C27H30Cl2N4O3S. The first-order valence-corrected chi connectivity index (χ1v) is 14.6. The molecule has 0 spiro atoms. The van der Waals surface area contributed by atoms with Crippen molar-refractivity contribution in [3.8, 4) is 5.69 Å². The van der Waals surface area contributed by atoms with Crippen LogP contribution in [0.25, 0.3) is 5.69 Å². The Morgan fingerprint density at radius 1 is 0.892 bits per heavy atom. The summed E-state index contributed by atoms with van der Waals surface area (Å²) >= 11 is 12.3. The van der Waals surface area contributed by atoms with Crippen molar-refractivity contribution >= 4 is 50.8 Å². The van der Waals surface area contributed by atoms with Crippen LogP contribution in [0.1, 0.15) is 29.8 Å². The number of hydrogen-bond donors (Lipinski definition) is 0. The molecule has 1 aromatic heterocycles. The van der Waals surface area contributed by atoms with Crippen LogP contribution in [0.5, 0.6) is 0 Å². The molecule has 2 aliphatic rings. The van der Waals surface area contributed by atoms with Crippen molar-refractivity contribution in [2.24, 2.45) is 4.99 Å². The number of anilines is 1. The number of morpholine rings is 1. The van der Waals surface area contributed by atoms with Gasteiger partial charge in [-0.25, -0.2) is 8.42 Å². The maximum Gasteiger partial charge on any atom is 0.243 e. The number of ether oxygens (including phenoxy) is 1. The fourth-order valence-electron chi connectivity index (χ4n) is 5.05. The van der Waals surface area contributed by atoms with Crippen LogP contribution < -0.4 is 4.90 Å². The molecular weight excluding hydrogens is 531 g/mol. The SMILES string of the molecule is Cc1cc(C=Nc2cc(Cl)cc(Cl)c2)c(C)n1-c1cc(S(=O)(=O)N2CCOCC2)ccc1N1CCCC1. The van der Waals surface area contributed by atoms with Crippen molar-refractivity contribution in [2.45, 2.75) is 31.6 Å². The van der Waals surface area contributed by atoms with Crippen LogP contribution in [0.4, 0.5) is 11.4 Å². The first-order chi connectivity index (χ1) is 17.7. The van der Waals surface area contributed by atoms with Gasteiger partial charge >= 0.3 is 0 Å². The summed E-state index contributed by atoms with van der Waals surface area (Å²) in [7, 11) is -3.64. The van der Waals surface area contributed by atoms with Gasteiger partial charge in [0.2, 0.25) is 10.0 Å². The zero-order valence-corrected chi connectivity index (χ0v) is 23.3. The summed E-state index contributed by atoms with van der Waals surface area (Å²) in [5.41, 5.74) is 5.45. The summed E-state index contributed by atoms with van der Waals surface area (Å²) in [6.45, 7) is 7.50. The van der Waals surface area contributed by atoms with Crippen LogP contribution in [0, 0.1) is 13.8 Å². The topological polar surface area (TPSA) is 67.1 Å². The summed E-state index contributed by atoms with van der Waals surface area (Å²) in [4.78, 5) is 7.22. The number of rotatable bonds is 6. The molecule has 7 nitrogen and oxygen atoms in total. The Morgan fingerprint density at radius 2 is 1.57 bits per heavy atom. The van der Waals surface area contributed by atoms with Gasteiger partial charge in [-0.2, -0.15) is 4.31 Å². The van der Waals surface area contributed by atoms with Gasteiger partial charge in [-0.05, 0) is 69.2 Å². The van der Waals surface area contributed by atoms with E-state index in [1.54, 1.807) is 30.5 Å². The Balaban J connectivity index is 1.58. The fraction of sp³-hybridized carbons (Fsp3) is 0.370. The molecule has 0 saturated carbocycles. The van der Waals surface area contributed by atoms with E-state index < -0.39 is 10.0 Å². The van der Waals surface area contributed by atoms with Gasteiger partial charge < -0.3 is 14.2 Å². The predicted octanol–water partition coefficient (Wildman–Crippen LogP) is 5.77. The van der Waals surface area contributed by atoms with Crippen LogP contribution in [0.2, 0.25) is 10.0 Å². The van der Waals surface area contributed by atoms with Gasteiger partial charge in [-0.3, -0.25) is 4.99 Å². The zero-order chi connectivity index (χ0) is 26.2. The summed E-state index contributed by atoms with van der Waals surface area (Å²) in [6, 6.07) is 12.8. The minimum atomic E-state index is -3.64. The first kappa shape index (κ1) is 26.3. The number of hydrogen-bond acceptors (Lipinski definition) is 5. The molecule has 0 atom stereocenters. The molecule has 3 aromatic rings. The van der Waals surface area contributed by atoms with E-state index in [2.05, 4.69) is 20.5 Å². The van der Waals surface area contributed by atoms with Gasteiger partial charge in [0, 0.05) is 59.4 Å². The monoisotopic (exact) mass is 560 g/mol. The summed E-state index contributed by atoms with van der Waals surface area (Å²) in [5, 5.41) is 1.05. The van der Waals surface area contributed by atoms with Crippen molar-refractivity contribution in [2.75, 3.05) is 44.3 Å². The molecule has 10 heteroatoms. The quantitative estimate of drug-likeness (QED) is 0.359. The molecule has 2 aromatic carbocycles. The van der Waals surface area contributed by atoms with Gasteiger partial charge in [-0.1, -0.05) is 23.2 Å². The van der Waals surface area contributed by atoms with Crippen LogP contribution in [0.15, 0.2) is 52.4 Å². The smallest absolute Gasteiger partial charge is 0.243 e. The highest BCUT2D eigenvalue weighted by Gasteiger charge is 2.28. The van der Waals surface area contributed by atoms with Crippen LogP contribution >= 0.6 is 23.2 Å². The summed E-state index contributed by atoms with van der Waals surface area (Å²) in [5.74, 6) is 0. The number of aliphatic imine (C=N–C) groups is 1. The normalized spacial score (nSPS) is 17.2. The van der Waals surface area contributed by atoms with Crippen molar-refractivity contribution in [1.29, 1.82) is 0 Å². The Morgan fingerprint density at radius 3 is 2.24 bits per heavy atom. The molecule has 0 radical (unpaired) electrons. The Labute approximate surface area is 228 Å². The fourth-order valence-corrected chi connectivity index (χ4v) is 6.99. The van der Waals surface area contributed by atoms with Gasteiger partial charge in [0.1, 0.15) is 0 Å². The van der Waals surface area contributed by atoms with E-state index in [0.717, 1.165) is 54.3 Å². The molecule has 196 valence electrons. The predicted molar refractivity (Wildman–Crippen MR) is 150 cm³/mol. The number of aryl methyl sites for hydroxylation is 1. The molecule has 0 N–H and O–H groups in total. The Bertz CT molecular complexity index is 1420. The molecule has 5 rings (SSSR count). The third-order valence-electron chi connectivity index (χ3n) is 6.91. The second kappa shape index (κ2) is 10.8. The summed E-state index contributed by atoms with van der Waals surface area (Å²) in [6.07, 6.45) is 4.04. The van der Waals surface area contributed by atoms with Crippen LogP contribution in [-0.4, -0.2) is 62.9 Å². The Hall–Kier alpha value is -2.36. The van der Waals surface area contributed by atoms with Crippen LogP contribution in [-0.2, 0) is 14.8 Å². The van der Waals surface area contributed by atoms with E-state index in [0.29, 0.717) is 46.9 Å². The van der Waals surface area contributed by atoms with E-state index in [-0.39, 0.29) is 0 Å². The van der Waals surface area contributed by atoms with E-state index in [9.17, 15) is 8.42 Å². The second-order valence-corrected chi connectivity index (χ2v) is 12.2. The number of nitrogens with zero attached hydrogens (tertiary/aromatic N) is 4. The Kier molecular flexibility index (Phi) is 7.65. The van der Waals surface area contributed by atoms with Crippen molar-refractivity contribution in [3.05, 3.63) is 69.5 Å². The lowest BCUT2D eigenvalue weighted by Crippen LogP contribution is -2.40. The standard InChI is InChI=1S/C27H30Cl2N4O3S/c1-19-13-21(18-30-24-15-22(28)14-23(29)16-24)20(2)33(19)27-17-25(5-6-26(27)31-7-3-4-8-31)37(34,35)32-9-11-36-12-10-32/h5-6,13-18H,3-4,7-12H2,1-2H3. The van der Waals surface area contributed by atoms with Gasteiger partial charge in [0.15, 0.2) is 0 Å². The lowest BCUT2D eigenvalue weighted by molar-refractivity contribution is 0.0730. The second-order valence-electron chi connectivity index (χ2n) is 9.41. The molecule has 2 fully saturated rings.